The minimum absolute atomic E-state index is 0.0623. The van der Waals surface area contributed by atoms with Crippen molar-refractivity contribution in [1.82, 2.24) is 15.5 Å². The lowest BCUT2D eigenvalue weighted by atomic mass is 10.1. The number of carbonyl (C=O) groups is 1. The summed E-state index contributed by atoms with van der Waals surface area (Å²) in [4.78, 5) is 17.5. The molecule has 0 aromatic heterocycles. The fourth-order valence-corrected chi connectivity index (χ4v) is 2.53. The van der Waals surface area contributed by atoms with Crippen LogP contribution in [0, 0.1) is 0 Å². The fraction of sp³-hybridized carbons (Fsp3) is 0.333. The standard InChI is InChI=1S/C21H25F3N4O2/c1-25-20(27-14-15-7-9-16(10-8-15)19(29)28(2)3)26-11-12-30-18-6-4-5-17(13-18)21(22,23)24/h4-10,13H,11-12,14H2,1-3H3,(H2,25,26,27). The fourth-order valence-electron chi connectivity index (χ4n) is 2.53. The normalized spacial score (nSPS) is 11.7. The second-order valence-corrected chi connectivity index (χ2v) is 6.62. The van der Waals surface area contributed by atoms with Crippen LogP contribution in [0.25, 0.3) is 0 Å². The van der Waals surface area contributed by atoms with Gasteiger partial charge in [0.1, 0.15) is 12.4 Å². The number of guanidine groups is 1. The maximum atomic E-state index is 12.7. The molecule has 2 aromatic rings. The molecule has 9 heteroatoms. The maximum Gasteiger partial charge on any atom is 0.416 e. The van der Waals surface area contributed by atoms with Crippen molar-refractivity contribution in [1.29, 1.82) is 0 Å². The van der Waals surface area contributed by atoms with E-state index in [9.17, 15) is 18.0 Å². The first-order valence-corrected chi connectivity index (χ1v) is 9.26. The third-order valence-electron chi connectivity index (χ3n) is 4.12. The van der Waals surface area contributed by atoms with Gasteiger partial charge in [0.2, 0.25) is 0 Å². The van der Waals surface area contributed by atoms with Gasteiger partial charge in [-0.1, -0.05) is 18.2 Å². The van der Waals surface area contributed by atoms with Crippen LogP contribution in [0.1, 0.15) is 21.5 Å². The molecule has 162 valence electrons. The number of nitrogens with one attached hydrogen (secondary N) is 2. The Balaban J connectivity index is 1.77. The summed E-state index contributed by atoms with van der Waals surface area (Å²) >= 11 is 0. The predicted molar refractivity (Wildman–Crippen MR) is 110 cm³/mol. The topological polar surface area (TPSA) is 66.0 Å². The van der Waals surface area contributed by atoms with E-state index in [0.717, 1.165) is 17.7 Å². The van der Waals surface area contributed by atoms with Gasteiger partial charge in [0.05, 0.1) is 12.1 Å². The van der Waals surface area contributed by atoms with Crippen LogP contribution < -0.4 is 15.4 Å². The van der Waals surface area contributed by atoms with Crippen molar-refractivity contribution in [3.8, 4) is 5.75 Å². The van der Waals surface area contributed by atoms with Gasteiger partial charge in [-0.3, -0.25) is 9.79 Å². The number of rotatable bonds is 7. The summed E-state index contributed by atoms with van der Waals surface area (Å²) in [6, 6.07) is 12.0. The SMILES string of the molecule is CN=C(NCCOc1cccc(C(F)(F)F)c1)NCc1ccc(C(=O)N(C)C)cc1. The van der Waals surface area contributed by atoms with E-state index >= 15 is 0 Å². The maximum absolute atomic E-state index is 12.7. The molecule has 30 heavy (non-hydrogen) atoms. The third-order valence-corrected chi connectivity index (χ3v) is 4.12. The van der Waals surface area contributed by atoms with Crippen molar-refractivity contribution in [2.24, 2.45) is 4.99 Å². The molecule has 0 unspecified atom stereocenters. The molecule has 1 amide bonds. The van der Waals surface area contributed by atoms with Crippen molar-refractivity contribution in [2.75, 3.05) is 34.3 Å². The van der Waals surface area contributed by atoms with E-state index in [1.807, 2.05) is 12.1 Å². The molecule has 6 nitrogen and oxygen atoms in total. The Hall–Kier alpha value is -3.23. The molecule has 2 rings (SSSR count). The zero-order valence-corrected chi connectivity index (χ0v) is 17.1. The molecule has 2 N–H and O–H groups in total. The first-order valence-electron chi connectivity index (χ1n) is 9.26. The van der Waals surface area contributed by atoms with E-state index in [-0.39, 0.29) is 18.3 Å². The van der Waals surface area contributed by atoms with Gasteiger partial charge in [-0.05, 0) is 35.9 Å². The molecular weight excluding hydrogens is 397 g/mol. The third kappa shape index (κ3) is 6.98. The van der Waals surface area contributed by atoms with Crippen LogP contribution in [0.2, 0.25) is 0 Å². The number of carbonyl (C=O) groups excluding carboxylic acids is 1. The zero-order chi connectivity index (χ0) is 22.1. The lowest BCUT2D eigenvalue weighted by Crippen LogP contribution is -2.38. The van der Waals surface area contributed by atoms with E-state index in [2.05, 4.69) is 15.6 Å². The van der Waals surface area contributed by atoms with Gasteiger partial charge in [0, 0.05) is 33.3 Å². The van der Waals surface area contributed by atoms with Gasteiger partial charge in [0.25, 0.3) is 5.91 Å². The average Bonchev–Trinajstić information content (AvgIpc) is 2.72. The molecule has 0 aliphatic rings. The Morgan fingerprint density at radius 3 is 2.40 bits per heavy atom. The quantitative estimate of drug-likeness (QED) is 0.409. The first kappa shape index (κ1) is 23.1. The lowest BCUT2D eigenvalue weighted by Gasteiger charge is -2.14. The summed E-state index contributed by atoms with van der Waals surface area (Å²) in [5.74, 6) is 0.616. The van der Waals surface area contributed by atoms with Crippen LogP contribution in [-0.2, 0) is 12.7 Å². The number of hydrogen-bond acceptors (Lipinski definition) is 3. The summed E-state index contributed by atoms with van der Waals surface area (Å²) in [5.41, 5.74) is 0.829. The van der Waals surface area contributed by atoms with Crippen LogP contribution in [0.4, 0.5) is 13.2 Å². The molecule has 0 bridgehead atoms. The van der Waals surface area contributed by atoms with Crippen LogP contribution in [0.15, 0.2) is 53.5 Å². The van der Waals surface area contributed by atoms with Crippen molar-refractivity contribution < 1.29 is 22.7 Å². The number of nitrogens with zero attached hydrogens (tertiary/aromatic N) is 2. The second-order valence-electron chi connectivity index (χ2n) is 6.62. The molecular formula is C21H25F3N4O2. The number of amides is 1. The van der Waals surface area contributed by atoms with Gasteiger partial charge in [-0.25, -0.2) is 0 Å². The number of hydrogen-bond donors (Lipinski definition) is 2. The summed E-state index contributed by atoms with van der Waals surface area (Å²) < 4.78 is 43.5. The number of benzene rings is 2. The van der Waals surface area contributed by atoms with Gasteiger partial charge >= 0.3 is 6.18 Å². The zero-order valence-electron chi connectivity index (χ0n) is 17.1. The number of alkyl halides is 3. The minimum atomic E-state index is -4.40. The van der Waals surface area contributed by atoms with Gasteiger partial charge in [-0.15, -0.1) is 0 Å². The van der Waals surface area contributed by atoms with E-state index < -0.39 is 11.7 Å². The van der Waals surface area contributed by atoms with Crippen molar-refractivity contribution >= 4 is 11.9 Å². The Labute approximate surface area is 173 Å². The van der Waals surface area contributed by atoms with E-state index in [4.69, 9.17) is 4.74 Å². The molecule has 0 atom stereocenters. The summed E-state index contributed by atoms with van der Waals surface area (Å²) in [7, 11) is 5.01. The van der Waals surface area contributed by atoms with Gasteiger partial charge in [-0.2, -0.15) is 13.2 Å². The van der Waals surface area contributed by atoms with Gasteiger partial charge in [0.15, 0.2) is 5.96 Å². The predicted octanol–water partition coefficient (Wildman–Crippen LogP) is 3.15. The Morgan fingerprint density at radius 2 is 1.80 bits per heavy atom. The molecule has 0 aliphatic heterocycles. The first-order chi connectivity index (χ1) is 14.2. The van der Waals surface area contributed by atoms with Crippen molar-refractivity contribution in [2.45, 2.75) is 12.7 Å². The monoisotopic (exact) mass is 422 g/mol. The van der Waals surface area contributed by atoms with Crippen LogP contribution in [0.5, 0.6) is 5.75 Å². The molecule has 0 radical (unpaired) electrons. The molecule has 0 fully saturated rings. The molecule has 0 spiro atoms. The van der Waals surface area contributed by atoms with Crippen molar-refractivity contribution in [3.63, 3.8) is 0 Å². The molecule has 0 heterocycles. The van der Waals surface area contributed by atoms with Crippen LogP contribution in [0.3, 0.4) is 0 Å². The molecule has 0 saturated carbocycles. The molecule has 2 aromatic carbocycles. The smallest absolute Gasteiger partial charge is 0.416 e. The highest BCUT2D eigenvalue weighted by Crippen LogP contribution is 2.31. The minimum Gasteiger partial charge on any atom is -0.492 e. The van der Waals surface area contributed by atoms with Crippen molar-refractivity contribution in [3.05, 3.63) is 65.2 Å². The lowest BCUT2D eigenvalue weighted by molar-refractivity contribution is -0.137. The number of aliphatic imine (C=N–C) groups is 1. The van der Waals surface area contributed by atoms with Crippen LogP contribution in [-0.4, -0.2) is 51.1 Å². The largest absolute Gasteiger partial charge is 0.492 e. The summed E-state index contributed by atoms with van der Waals surface area (Å²) in [5, 5.41) is 6.15. The Bertz CT molecular complexity index is 865. The molecule has 0 saturated heterocycles. The number of halogens is 3. The second kappa shape index (κ2) is 10.5. The van der Waals surface area contributed by atoms with Crippen LogP contribution >= 0.6 is 0 Å². The Morgan fingerprint density at radius 1 is 1.10 bits per heavy atom. The van der Waals surface area contributed by atoms with E-state index in [1.54, 1.807) is 33.3 Å². The summed E-state index contributed by atoms with van der Waals surface area (Å²) in [6.07, 6.45) is -4.40. The highest BCUT2D eigenvalue weighted by Gasteiger charge is 2.30. The van der Waals surface area contributed by atoms with Gasteiger partial charge < -0.3 is 20.3 Å². The highest BCUT2D eigenvalue weighted by molar-refractivity contribution is 5.93. The number of ether oxygens (including phenoxy) is 1. The molecule has 0 aliphatic carbocycles. The van der Waals surface area contributed by atoms with E-state index in [0.29, 0.717) is 24.6 Å². The highest BCUT2D eigenvalue weighted by atomic mass is 19.4. The Kier molecular flexibility index (Phi) is 8.08. The summed E-state index contributed by atoms with van der Waals surface area (Å²) in [6.45, 7) is 1.01. The van der Waals surface area contributed by atoms with E-state index in [1.165, 1.54) is 17.0 Å². The average molecular weight is 422 g/mol.